The summed E-state index contributed by atoms with van der Waals surface area (Å²) in [6.07, 6.45) is 3.88. The van der Waals surface area contributed by atoms with Gasteiger partial charge in [-0.1, -0.05) is 0 Å². The maximum Gasteiger partial charge on any atom is 0.275 e. The van der Waals surface area contributed by atoms with Gasteiger partial charge < -0.3 is 9.32 Å². The average molecular weight is 336 g/mol. The van der Waals surface area contributed by atoms with Gasteiger partial charge in [0.2, 0.25) is 0 Å². The van der Waals surface area contributed by atoms with Crippen molar-refractivity contribution >= 4 is 16.8 Å². The van der Waals surface area contributed by atoms with E-state index in [4.69, 9.17) is 4.42 Å². The fraction of sp³-hybridized carbons (Fsp3) is 0.368. The topological polar surface area (TPSA) is 65.4 Å². The second-order valence-electron chi connectivity index (χ2n) is 7.02. The summed E-state index contributed by atoms with van der Waals surface area (Å²) in [6.45, 7) is 1.92. The van der Waals surface area contributed by atoms with Gasteiger partial charge in [-0.05, 0) is 56.8 Å². The number of nitrogens with zero attached hydrogens (tertiary/aromatic N) is 3. The van der Waals surface area contributed by atoms with Gasteiger partial charge in [-0.3, -0.25) is 14.8 Å². The molecule has 0 spiro atoms. The number of furan rings is 1. The number of benzene rings is 1. The van der Waals surface area contributed by atoms with E-state index in [0.717, 1.165) is 48.2 Å². The molecule has 3 aromatic rings. The standard InChI is InChI=1S/C19H20N4O2/c1-22-8-2-4-15-16(22)11-23(15)19(24)18-13-10-12(17-5-3-9-25-17)6-7-14(13)20-21-18/h3,5-7,9-10,15-16H,2,4,8,11H2,1H3,(H,20,21)/t15?,16-/m1/s1. The van der Waals surface area contributed by atoms with Gasteiger partial charge in [0, 0.05) is 29.6 Å². The number of rotatable bonds is 2. The van der Waals surface area contributed by atoms with Crippen molar-refractivity contribution in [3.05, 3.63) is 42.3 Å². The van der Waals surface area contributed by atoms with E-state index in [-0.39, 0.29) is 5.91 Å². The van der Waals surface area contributed by atoms with E-state index in [1.165, 1.54) is 0 Å². The molecule has 6 heteroatoms. The lowest BCUT2D eigenvalue weighted by molar-refractivity contribution is -0.0313. The summed E-state index contributed by atoms with van der Waals surface area (Å²) < 4.78 is 5.48. The van der Waals surface area contributed by atoms with Crippen molar-refractivity contribution in [3.8, 4) is 11.3 Å². The molecule has 2 aliphatic heterocycles. The van der Waals surface area contributed by atoms with Crippen molar-refractivity contribution in [1.29, 1.82) is 0 Å². The van der Waals surface area contributed by atoms with E-state index in [2.05, 4.69) is 22.1 Å². The number of piperidine rings is 1. The number of nitrogens with one attached hydrogen (secondary N) is 1. The van der Waals surface area contributed by atoms with Crippen LogP contribution >= 0.6 is 0 Å². The Morgan fingerprint density at radius 3 is 3.08 bits per heavy atom. The van der Waals surface area contributed by atoms with Crippen molar-refractivity contribution in [1.82, 2.24) is 20.0 Å². The number of hydrogen-bond donors (Lipinski definition) is 1. The highest BCUT2D eigenvalue weighted by atomic mass is 16.3. The zero-order valence-corrected chi connectivity index (χ0v) is 14.1. The molecular weight excluding hydrogens is 316 g/mol. The molecule has 1 unspecified atom stereocenters. The van der Waals surface area contributed by atoms with Crippen LogP contribution in [0.25, 0.3) is 22.2 Å². The van der Waals surface area contributed by atoms with Crippen molar-refractivity contribution in [2.45, 2.75) is 24.9 Å². The fourth-order valence-electron chi connectivity index (χ4n) is 4.17. The molecule has 1 amide bonds. The van der Waals surface area contributed by atoms with Crippen LogP contribution in [0.15, 0.2) is 41.0 Å². The summed E-state index contributed by atoms with van der Waals surface area (Å²) in [6, 6.07) is 10.5. The van der Waals surface area contributed by atoms with Gasteiger partial charge in [0.15, 0.2) is 5.69 Å². The van der Waals surface area contributed by atoms with E-state index in [1.807, 2.05) is 35.2 Å². The Morgan fingerprint density at radius 1 is 1.32 bits per heavy atom. The van der Waals surface area contributed by atoms with Crippen LogP contribution in [0, 0.1) is 0 Å². The third-order valence-electron chi connectivity index (χ3n) is 5.64. The molecule has 2 aliphatic rings. The van der Waals surface area contributed by atoms with Gasteiger partial charge in [0.05, 0.1) is 11.8 Å². The first kappa shape index (κ1) is 14.7. The molecule has 0 saturated carbocycles. The maximum atomic E-state index is 13.1. The van der Waals surface area contributed by atoms with Crippen LogP contribution in [0.2, 0.25) is 0 Å². The summed E-state index contributed by atoms with van der Waals surface area (Å²) in [7, 11) is 2.15. The Balaban J connectivity index is 1.48. The summed E-state index contributed by atoms with van der Waals surface area (Å²) in [5.41, 5.74) is 2.33. The smallest absolute Gasteiger partial charge is 0.275 e. The monoisotopic (exact) mass is 336 g/mol. The minimum absolute atomic E-state index is 0.0272. The zero-order chi connectivity index (χ0) is 17.0. The third-order valence-corrected chi connectivity index (χ3v) is 5.64. The molecule has 2 atom stereocenters. The Hall–Kier alpha value is -2.60. The molecular formula is C19H20N4O2. The number of fused-ring (bicyclic) bond motifs is 2. The average Bonchev–Trinajstić information content (AvgIpc) is 3.25. The van der Waals surface area contributed by atoms with E-state index in [1.54, 1.807) is 6.26 Å². The summed E-state index contributed by atoms with van der Waals surface area (Å²) in [5.74, 6) is 0.818. The molecule has 0 aliphatic carbocycles. The number of likely N-dealkylation sites (N-methyl/N-ethyl adjacent to an activating group) is 1. The predicted molar refractivity (Wildman–Crippen MR) is 94.3 cm³/mol. The number of H-pyrrole nitrogens is 1. The number of aromatic amines is 1. The molecule has 1 N–H and O–H groups in total. The van der Waals surface area contributed by atoms with Crippen LogP contribution < -0.4 is 0 Å². The number of carbonyl (C=O) groups excluding carboxylic acids is 1. The van der Waals surface area contributed by atoms with Gasteiger partial charge >= 0.3 is 0 Å². The van der Waals surface area contributed by atoms with Crippen LogP contribution in [-0.4, -0.2) is 58.1 Å². The van der Waals surface area contributed by atoms with Crippen LogP contribution in [0.5, 0.6) is 0 Å². The normalized spacial score (nSPS) is 23.5. The van der Waals surface area contributed by atoms with Crippen LogP contribution in [0.1, 0.15) is 23.3 Å². The van der Waals surface area contributed by atoms with Gasteiger partial charge in [-0.15, -0.1) is 0 Å². The molecule has 0 radical (unpaired) electrons. The van der Waals surface area contributed by atoms with Crippen LogP contribution in [0.4, 0.5) is 0 Å². The maximum absolute atomic E-state index is 13.1. The van der Waals surface area contributed by atoms with Crippen LogP contribution in [0.3, 0.4) is 0 Å². The van der Waals surface area contributed by atoms with Gasteiger partial charge in [-0.2, -0.15) is 5.10 Å². The summed E-state index contributed by atoms with van der Waals surface area (Å²) >= 11 is 0. The largest absolute Gasteiger partial charge is 0.464 e. The van der Waals surface area contributed by atoms with Crippen molar-refractivity contribution < 1.29 is 9.21 Å². The molecule has 2 aromatic heterocycles. The second-order valence-corrected chi connectivity index (χ2v) is 7.02. The lowest BCUT2D eigenvalue weighted by Gasteiger charge is -2.54. The number of hydrogen-bond acceptors (Lipinski definition) is 4. The van der Waals surface area contributed by atoms with E-state index in [0.29, 0.717) is 17.8 Å². The fourth-order valence-corrected chi connectivity index (χ4v) is 4.17. The molecule has 5 rings (SSSR count). The first-order valence-electron chi connectivity index (χ1n) is 8.75. The molecule has 1 aromatic carbocycles. The molecule has 0 bridgehead atoms. The van der Waals surface area contributed by atoms with Gasteiger partial charge in [-0.25, -0.2) is 0 Å². The first-order valence-corrected chi connectivity index (χ1v) is 8.75. The Labute approximate surface area is 145 Å². The number of amides is 1. The quantitative estimate of drug-likeness (QED) is 0.781. The molecule has 2 saturated heterocycles. The SMILES string of the molecule is CN1CCCC2[C@H]1CN2C(=O)c1n[nH]c2ccc(-c3ccco3)cc12. The third kappa shape index (κ3) is 2.21. The molecule has 2 fully saturated rings. The van der Waals surface area contributed by atoms with E-state index >= 15 is 0 Å². The van der Waals surface area contributed by atoms with E-state index in [9.17, 15) is 4.79 Å². The highest BCUT2D eigenvalue weighted by Crippen LogP contribution is 2.33. The minimum atomic E-state index is 0.0272. The molecule has 128 valence electrons. The lowest BCUT2D eigenvalue weighted by Crippen LogP contribution is -2.69. The number of aromatic nitrogens is 2. The lowest BCUT2D eigenvalue weighted by atomic mass is 9.86. The van der Waals surface area contributed by atoms with Crippen molar-refractivity contribution in [2.24, 2.45) is 0 Å². The highest BCUT2D eigenvalue weighted by Gasteiger charge is 2.46. The second kappa shape index (κ2) is 5.46. The van der Waals surface area contributed by atoms with Gasteiger partial charge in [0.25, 0.3) is 5.91 Å². The van der Waals surface area contributed by atoms with Gasteiger partial charge in [0.1, 0.15) is 5.76 Å². The predicted octanol–water partition coefficient (Wildman–Crippen LogP) is 2.74. The van der Waals surface area contributed by atoms with E-state index < -0.39 is 0 Å². The highest BCUT2D eigenvalue weighted by molar-refractivity contribution is 6.06. The van der Waals surface area contributed by atoms with Crippen molar-refractivity contribution in [2.75, 3.05) is 20.1 Å². The Bertz CT molecular complexity index is 930. The Morgan fingerprint density at radius 2 is 2.24 bits per heavy atom. The summed E-state index contributed by atoms with van der Waals surface area (Å²) in [5, 5.41) is 8.16. The van der Waals surface area contributed by atoms with Crippen LogP contribution in [-0.2, 0) is 0 Å². The molecule has 4 heterocycles. The zero-order valence-electron chi connectivity index (χ0n) is 14.1. The van der Waals surface area contributed by atoms with Crippen molar-refractivity contribution in [3.63, 3.8) is 0 Å². The molecule has 25 heavy (non-hydrogen) atoms. The molecule has 6 nitrogen and oxygen atoms in total. The number of likely N-dealkylation sites (tertiary alicyclic amines) is 2. The minimum Gasteiger partial charge on any atom is -0.464 e. The summed E-state index contributed by atoms with van der Waals surface area (Å²) in [4.78, 5) is 17.4. The number of carbonyl (C=O) groups is 1. The first-order chi connectivity index (χ1) is 12.2. The Kier molecular flexibility index (Phi) is 3.21.